The molecule has 1 amide bonds. The van der Waals surface area contributed by atoms with Crippen LogP contribution in [0.3, 0.4) is 0 Å². The summed E-state index contributed by atoms with van der Waals surface area (Å²) < 4.78 is 5.90. The van der Waals surface area contributed by atoms with Crippen molar-refractivity contribution < 1.29 is 9.53 Å². The van der Waals surface area contributed by atoms with Crippen LogP contribution in [-0.2, 0) is 0 Å². The van der Waals surface area contributed by atoms with Crippen molar-refractivity contribution in [3.05, 3.63) is 102 Å². The molecule has 0 bridgehead atoms. The van der Waals surface area contributed by atoms with Gasteiger partial charge in [-0.15, -0.1) is 0 Å². The van der Waals surface area contributed by atoms with E-state index in [1.54, 1.807) is 36.5 Å². The SMILES string of the molecule is Cc1cccc(-c2nccc(Oc3cccc(C(=O)Nc4ccccc4C)c3)n2)c1. The summed E-state index contributed by atoms with van der Waals surface area (Å²) in [6.45, 7) is 3.98. The Kier molecular flexibility index (Phi) is 5.52. The maximum atomic E-state index is 12.6. The number of amides is 1. The number of nitrogens with one attached hydrogen (secondary N) is 1. The van der Waals surface area contributed by atoms with Crippen LogP contribution < -0.4 is 10.1 Å². The Morgan fingerprint density at radius 1 is 0.900 bits per heavy atom. The maximum Gasteiger partial charge on any atom is 0.255 e. The quantitative estimate of drug-likeness (QED) is 0.463. The Bertz CT molecular complexity index is 1200. The Morgan fingerprint density at radius 3 is 2.57 bits per heavy atom. The molecular weight excluding hydrogens is 374 g/mol. The van der Waals surface area contributed by atoms with E-state index in [2.05, 4.69) is 15.3 Å². The minimum atomic E-state index is -0.196. The van der Waals surface area contributed by atoms with Crippen LogP contribution in [0, 0.1) is 13.8 Å². The van der Waals surface area contributed by atoms with E-state index in [0.717, 1.165) is 22.4 Å². The van der Waals surface area contributed by atoms with Crippen LogP contribution in [0.1, 0.15) is 21.5 Å². The number of hydrogen-bond acceptors (Lipinski definition) is 4. The Labute approximate surface area is 175 Å². The molecule has 4 aromatic rings. The molecule has 0 radical (unpaired) electrons. The highest BCUT2D eigenvalue weighted by molar-refractivity contribution is 6.04. The first-order valence-corrected chi connectivity index (χ1v) is 9.63. The van der Waals surface area contributed by atoms with E-state index in [9.17, 15) is 4.79 Å². The Balaban J connectivity index is 1.53. The standard InChI is InChI=1S/C25H21N3O2/c1-17-7-5-9-19(15-17)24-26-14-13-23(28-24)30-21-11-6-10-20(16-21)25(29)27-22-12-4-3-8-18(22)2/h3-16H,1-2H3,(H,27,29). The monoisotopic (exact) mass is 395 g/mol. The fraction of sp³-hybridized carbons (Fsp3) is 0.0800. The lowest BCUT2D eigenvalue weighted by atomic mass is 10.1. The van der Waals surface area contributed by atoms with Crippen molar-refractivity contribution in [3.63, 3.8) is 0 Å². The van der Waals surface area contributed by atoms with E-state index in [1.165, 1.54) is 0 Å². The first kappa shape index (κ1) is 19.3. The van der Waals surface area contributed by atoms with Crippen LogP contribution >= 0.6 is 0 Å². The van der Waals surface area contributed by atoms with Crippen molar-refractivity contribution >= 4 is 11.6 Å². The molecule has 148 valence electrons. The maximum absolute atomic E-state index is 12.6. The normalized spacial score (nSPS) is 10.5. The van der Waals surface area contributed by atoms with Gasteiger partial charge < -0.3 is 10.1 Å². The molecule has 0 spiro atoms. The number of carbonyl (C=O) groups excluding carboxylic acids is 1. The van der Waals surface area contributed by atoms with Gasteiger partial charge in [-0.3, -0.25) is 4.79 Å². The van der Waals surface area contributed by atoms with Crippen LogP contribution in [0.15, 0.2) is 85.1 Å². The van der Waals surface area contributed by atoms with Gasteiger partial charge >= 0.3 is 0 Å². The van der Waals surface area contributed by atoms with Crippen molar-refractivity contribution in [2.75, 3.05) is 5.32 Å². The summed E-state index contributed by atoms with van der Waals surface area (Å²) in [5.74, 6) is 1.34. The molecule has 5 heteroatoms. The number of ether oxygens (including phenoxy) is 1. The largest absolute Gasteiger partial charge is 0.439 e. The number of para-hydroxylation sites is 1. The van der Waals surface area contributed by atoms with E-state index >= 15 is 0 Å². The molecule has 5 nitrogen and oxygen atoms in total. The fourth-order valence-corrected chi connectivity index (χ4v) is 3.05. The Morgan fingerprint density at radius 2 is 1.73 bits per heavy atom. The molecular formula is C25H21N3O2. The zero-order chi connectivity index (χ0) is 20.9. The number of aromatic nitrogens is 2. The molecule has 1 heterocycles. The molecule has 0 atom stereocenters. The van der Waals surface area contributed by atoms with E-state index in [4.69, 9.17) is 4.74 Å². The van der Waals surface area contributed by atoms with E-state index in [1.807, 2.05) is 62.4 Å². The first-order valence-electron chi connectivity index (χ1n) is 9.63. The van der Waals surface area contributed by atoms with Gasteiger partial charge in [0.25, 0.3) is 5.91 Å². The third kappa shape index (κ3) is 4.52. The van der Waals surface area contributed by atoms with Gasteiger partial charge in [-0.05, 0) is 49.7 Å². The van der Waals surface area contributed by atoms with Crippen LogP contribution in [0.2, 0.25) is 0 Å². The van der Waals surface area contributed by atoms with Crippen LogP contribution in [0.4, 0.5) is 5.69 Å². The van der Waals surface area contributed by atoms with E-state index in [0.29, 0.717) is 23.0 Å². The van der Waals surface area contributed by atoms with Gasteiger partial charge in [0, 0.05) is 29.1 Å². The number of rotatable bonds is 5. The van der Waals surface area contributed by atoms with Gasteiger partial charge in [-0.2, -0.15) is 4.98 Å². The summed E-state index contributed by atoms with van der Waals surface area (Å²) in [6, 6.07) is 24.4. The molecule has 0 saturated carbocycles. The summed E-state index contributed by atoms with van der Waals surface area (Å²) in [5, 5.41) is 2.93. The summed E-state index contributed by atoms with van der Waals surface area (Å²) in [7, 11) is 0. The second-order valence-corrected chi connectivity index (χ2v) is 6.99. The van der Waals surface area contributed by atoms with E-state index in [-0.39, 0.29) is 5.91 Å². The number of nitrogens with zero attached hydrogens (tertiary/aromatic N) is 2. The van der Waals surface area contributed by atoms with E-state index < -0.39 is 0 Å². The van der Waals surface area contributed by atoms with Crippen LogP contribution in [-0.4, -0.2) is 15.9 Å². The summed E-state index contributed by atoms with van der Waals surface area (Å²) in [6.07, 6.45) is 1.66. The third-order valence-electron chi connectivity index (χ3n) is 4.62. The van der Waals surface area contributed by atoms with Gasteiger partial charge in [0.1, 0.15) is 5.75 Å². The number of hydrogen-bond donors (Lipinski definition) is 1. The number of aryl methyl sites for hydroxylation is 2. The van der Waals surface area contributed by atoms with Crippen LogP contribution in [0.25, 0.3) is 11.4 Å². The highest BCUT2D eigenvalue weighted by atomic mass is 16.5. The molecule has 0 saturated heterocycles. The molecule has 0 aliphatic carbocycles. The average molecular weight is 395 g/mol. The predicted molar refractivity (Wildman–Crippen MR) is 118 cm³/mol. The van der Waals surface area contributed by atoms with Crippen molar-refractivity contribution in [2.45, 2.75) is 13.8 Å². The van der Waals surface area contributed by atoms with Gasteiger partial charge in [0.2, 0.25) is 5.88 Å². The zero-order valence-corrected chi connectivity index (χ0v) is 16.8. The van der Waals surface area contributed by atoms with Gasteiger partial charge in [0.15, 0.2) is 5.82 Å². The Hall–Kier alpha value is -3.99. The van der Waals surface area contributed by atoms with Gasteiger partial charge in [-0.1, -0.05) is 48.0 Å². The number of carbonyl (C=O) groups is 1. The van der Waals surface area contributed by atoms with Crippen molar-refractivity contribution in [2.24, 2.45) is 0 Å². The highest BCUT2D eigenvalue weighted by Crippen LogP contribution is 2.24. The number of anilines is 1. The van der Waals surface area contributed by atoms with Gasteiger partial charge in [0.05, 0.1) is 0 Å². The average Bonchev–Trinajstić information content (AvgIpc) is 2.76. The number of benzene rings is 3. The zero-order valence-electron chi connectivity index (χ0n) is 16.8. The minimum Gasteiger partial charge on any atom is -0.439 e. The molecule has 0 fully saturated rings. The van der Waals surface area contributed by atoms with Crippen molar-refractivity contribution in [1.29, 1.82) is 0 Å². The molecule has 4 rings (SSSR count). The molecule has 30 heavy (non-hydrogen) atoms. The molecule has 0 aliphatic heterocycles. The summed E-state index contributed by atoms with van der Waals surface area (Å²) in [5.41, 5.74) is 4.35. The molecule has 0 aliphatic rings. The summed E-state index contributed by atoms with van der Waals surface area (Å²) >= 11 is 0. The van der Waals surface area contributed by atoms with Crippen molar-refractivity contribution in [1.82, 2.24) is 9.97 Å². The van der Waals surface area contributed by atoms with Gasteiger partial charge in [-0.25, -0.2) is 4.98 Å². The minimum absolute atomic E-state index is 0.196. The lowest BCUT2D eigenvalue weighted by Gasteiger charge is -2.10. The second kappa shape index (κ2) is 8.57. The van der Waals surface area contributed by atoms with Crippen molar-refractivity contribution in [3.8, 4) is 23.0 Å². The third-order valence-corrected chi connectivity index (χ3v) is 4.62. The first-order chi connectivity index (χ1) is 14.6. The second-order valence-electron chi connectivity index (χ2n) is 6.99. The molecule has 3 aromatic carbocycles. The topological polar surface area (TPSA) is 64.1 Å². The molecule has 1 N–H and O–H groups in total. The molecule has 0 unspecified atom stereocenters. The smallest absolute Gasteiger partial charge is 0.255 e. The lowest BCUT2D eigenvalue weighted by Crippen LogP contribution is -2.12. The molecule has 1 aromatic heterocycles. The van der Waals surface area contributed by atoms with Crippen LogP contribution in [0.5, 0.6) is 11.6 Å². The predicted octanol–water partition coefficient (Wildman–Crippen LogP) is 5.81. The lowest BCUT2D eigenvalue weighted by molar-refractivity contribution is 0.102. The highest BCUT2D eigenvalue weighted by Gasteiger charge is 2.10. The summed E-state index contributed by atoms with van der Waals surface area (Å²) in [4.78, 5) is 21.5. The fourth-order valence-electron chi connectivity index (χ4n) is 3.05.